The number of nitrogens with zero attached hydrogens (tertiary/aromatic N) is 3. The van der Waals surface area contributed by atoms with Crippen LogP contribution in [0, 0.1) is 6.92 Å². The molecule has 1 aliphatic heterocycles. The minimum Gasteiger partial charge on any atom is -0.370 e. The van der Waals surface area contributed by atoms with Crippen LogP contribution < -0.4 is 15.1 Å². The lowest BCUT2D eigenvalue weighted by atomic mass is 9.90. The molecule has 4 rings (SSSR count). The summed E-state index contributed by atoms with van der Waals surface area (Å²) in [6.07, 6.45) is 15.3. The van der Waals surface area contributed by atoms with Crippen molar-refractivity contribution in [1.29, 1.82) is 0 Å². The third-order valence-corrected chi connectivity index (χ3v) is 7.26. The smallest absolute Gasteiger partial charge is 0.163 e. The van der Waals surface area contributed by atoms with E-state index in [0.717, 1.165) is 66.7 Å². The Morgan fingerprint density at radius 2 is 1.47 bits per heavy atom. The van der Waals surface area contributed by atoms with Gasteiger partial charge in [-0.25, -0.2) is 0 Å². The molecule has 2 aliphatic rings. The largest absolute Gasteiger partial charge is 0.370 e. The number of rotatable bonds is 6. The van der Waals surface area contributed by atoms with Gasteiger partial charge in [0.15, 0.2) is 11.5 Å². The lowest BCUT2D eigenvalue weighted by molar-refractivity contribution is -0.237. The first kappa shape index (κ1) is 26.5. The average molecular weight is 487 g/mol. The van der Waals surface area contributed by atoms with Crippen LogP contribution in [0.2, 0.25) is 0 Å². The quantitative estimate of drug-likeness (QED) is 0.518. The fourth-order valence-electron chi connectivity index (χ4n) is 5.34. The Bertz CT molecular complexity index is 1100. The SMILES string of the molecule is Bc1cc(C)c2c(c1)/C=N/C1CCCCC1/N=C/c1cc(CCCC)cc(CCCC)c1ON(C)O2. The first-order valence-electron chi connectivity index (χ1n) is 13.9. The van der Waals surface area contributed by atoms with Crippen molar-refractivity contribution in [3.05, 3.63) is 52.1 Å². The van der Waals surface area contributed by atoms with E-state index in [1.54, 1.807) is 0 Å². The normalized spacial score (nSPS) is 21.9. The Kier molecular flexibility index (Phi) is 9.25. The maximum absolute atomic E-state index is 6.45. The van der Waals surface area contributed by atoms with Gasteiger partial charge in [0.2, 0.25) is 0 Å². The molecule has 2 aromatic carbocycles. The van der Waals surface area contributed by atoms with E-state index in [0.29, 0.717) is 0 Å². The first-order chi connectivity index (χ1) is 17.5. The summed E-state index contributed by atoms with van der Waals surface area (Å²) in [6.45, 7) is 6.56. The second kappa shape index (κ2) is 12.6. The van der Waals surface area contributed by atoms with Crippen LogP contribution in [0.3, 0.4) is 0 Å². The van der Waals surface area contributed by atoms with Gasteiger partial charge >= 0.3 is 0 Å². The Balaban J connectivity index is 1.82. The zero-order valence-electron chi connectivity index (χ0n) is 22.8. The second-order valence-electron chi connectivity index (χ2n) is 10.5. The molecule has 6 heteroatoms. The van der Waals surface area contributed by atoms with Crippen LogP contribution in [-0.2, 0) is 12.8 Å². The van der Waals surface area contributed by atoms with Crippen molar-refractivity contribution in [2.75, 3.05) is 7.05 Å². The van der Waals surface area contributed by atoms with E-state index in [-0.39, 0.29) is 12.1 Å². The Labute approximate surface area is 218 Å². The molecule has 2 aromatic rings. The zero-order chi connectivity index (χ0) is 25.5. The van der Waals surface area contributed by atoms with E-state index in [2.05, 4.69) is 52.9 Å². The van der Waals surface area contributed by atoms with E-state index in [9.17, 15) is 0 Å². The van der Waals surface area contributed by atoms with Gasteiger partial charge in [-0.3, -0.25) is 9.98 Å². The Hall–Kier alpha value is -2.60. The molecule has 0 N–H and O–H groups in total. The fourth-order valence-corrected chi connectivity index (χ4v) is 5.34. The molecule has 0 radical (unpaired) electrons. The molecule has 0 saturated heterocycles. The van der Waals surface area contributed by atoms with Crippen molar-refractivity contribution in [1.82, 2.24) is 5.23 Å². The van der Waals surface area contributed by atoms with Gasteiger partial charge in [0.1, 0.15) is 7.85 Å². The van der Waals surface area contributed by atoms with Gasteiger partial charge in [0.05, 0.1) is 19.1 Å². The van der Waals surface area contributed by atoms with Gasteiger partial charge in [-0.15, -0.1) is 0 Å². The zero-order valence-corrected chi connectivity index (χ0v) is 22.8. The lowest BCUT2D eigenvalue weighted by Crippen LogP contribution is -2.29. The molecule has 1 aliphatic carbocycles. The number of fused-ring (bicyclic) bond motifs is 3. The maximum Gasteiger partial charge on any atom is 0.163 e. The van der Waals surface area contributed by atoms with Crippen LogP contribution in [0.15, 0.2) is 34.3 Å². The summed E-state index contributed by atoms with van der Waals surface area (Å²) >= 11 is 0. The average Bonchev–Trinajstić information content (AvgIpc) is 2.87. The molecule has 5 nitrogen and oxygen atoms in total. The number of benzene rings is 2. The van der Waals surface area contributed by atoms with Gasteiger partial charge < -0.3 is 9.68 Å². The minimum absolute atomic E-state index is 0.189. The highest BCUT2D eigenvalue weighted by molar-refractivity contribution is 6.32. The molecule has 2 atom stereocenters. The predicted octanol–water partition coefficient (Wildman–Crippen LogP) is 5.32. The van der Waals surface area contributed by atoms with E-state index < -0.39 is 0 Å². The fraction of sp³-hybridized carbons (Fsp3) is 0.533. The molecular formula is C30H42BN3O2. The van der Waals surface area contributed by atoms with E-state index in [4.69, 9.17) is 19.7 Å². The van der Waals surface area contributed by atoms with Crippen molar-refractivity contribution in [2.24, 2.45) is 9.98 Å². The molecule has 0 spiro atoms. The third-order valence-electron chi connectivity index (χ3n) is 7.26. The molecule has 2 unspecified atom stereocenters. The van der Waals surface area contributed by atoms with Gasteiger partial charge in [-0.1, -0.05) is 63.2 Å². The van der Waals surface area contributed by atoms with Crippen LogP contribution >= 0.6 is 0 Å². The molecule has 1 saturated carbocycles. The summed E-state index contributed by atoms with van der Waals surface area (Å²) < 4.78 is 0. The van der Waals surface area contributed by atoms with E-state index >= 15 is 0 Å². The highest BCUT2D eigenvalue weighted by Crippen LogP contribution is 2.31. The Morgan fingerprint density at radius 3 is 2.14 bits per heavy atom. The Morgan fingerprint density at radius 1 is 0.861 bits per heavy atom. The minimum atomic E-state index is 0.189. The van der Waals surface area contributed by atoms with Crippen molar-refractivity contribution in [3.63, 3.8) is 0 Å². The summed E-state index contributed by atoms with van der Waals surface area (Å²) in [5.74, 6) is 1.64. The van der Waals surface area contributed by atoms with Crippen LogP contribution in [-0.4, -0.2) is 44.6 Å². The standard InChI is InChI=1S/C30H42BN3O2/c1-5-7-11-22-16-23(12-8-6-2)30-24(17-22)19-32-27-13-9-10-14-28(27)33-20-25-18-26(31)15-21(3)29(25)35-34(4)36-30/h15-20,27-28H,5-14,31H2,1-4H3/b32-19+,33-20+. The maximum atomic E-state index is 6.45. The van der Waals surface area contributed by atoms with Gasteiger partial charge in [-0.2, -0.15) is 0 Å². The van der Waals surface area contributed by atoms with Crippen LogP contribution in [0.5, 0.6) is 11.5 Å². The van der Waals surface area contributed by atoms with Crippen LogP contribution in [0.25, 0.3) is 0 Å². The number of hydrogen-bond donors (Lipinski definition) is 0. The summed E-state index contributed by atoms with van der Waals surface area (Å²) in [4.78, 5) is 23.0. The highest BCUT2D eigenvalue weighted by Gasteiger charge is 2.25. The summed E-state index contributed by atoms with van der Waals surface area (Å²) in [7, 11) is 3.94. The summed E-state index contributed by atoms with van der Waals surface area (Å²) in [6, 6.07) is 9.26. The lowest BCUT2D eigenvalue weighted by Gasteiger charge is -2.25. The number of aliphatic imine (C=N–C) groups is 2. The predicted molar refractivity (Wildman–Crippen MR) is 153 cm³/mol. The van der Waals surface area contributed by atoms with E-state index in [1.807, 2.05) is 19.5 Å². The van der Waals surface area contributed by atoms with Gasteiger partial charge in [-0.05, 0) is 68.2 Å². The molecular weight excluding hydrogens is 445 g/mol. The van der Waals surface area contributed by atoms with Crippen molar-refractivity contribution >= 4 is 25.7 Å². The number of unbranched alkanes of at least 4 members (excludes halogenated alkanes) is 2. The van der Waals surface area contributed by atoms with Crippen molar-refractivity contribution in [2.45, 2.75) is 97.1 Å². The van der Waals surface area contributed by atoms with Gasteiger partial charge in [0.25, 0.3) is 0 Å². The number of hydroxylamine groups is 2. The second-order valence-corrected chi connectivity index (χ2v) is 10.5. The van der Waals surface area contributed by atoms with E-state index in [1.165, 1.54) is 47.5 Å². The number of aryl methyl sites for hydroxylation is 3. The summed E-state index contributed by atoms with van der Waals surface area (Å²) in [5.41, 5.74) is 6.88. The van der Waals surface area contributed by atoms with Crippen molar-refractivity contribution < 1.29 is 9.68 Å². The molecule has 192 valence electrons. The van der Waals surface area contributed by atoms with Crippen LogP contribution in [0.4, 0.5) is 0 Å². The third kappa shape index (κ3) is 6.58. The molecule has 0 amide bonds. The van der Waals surface area contributed by atoms with Crippen molar-refractivity contribution in [3.8, 4) is 11.5 Å². The topological polar surface area (TPSA) is 46.4 Å². The molecule has 0 aromatic heterocycles. The molecule has 1 heterocycles. The number of hydrogen-bond acceptors (Lipinski definition) is 5. The highest BCUT2D eigenvalue weighted by atomic mass is 16.9. The van der Waals surface area contributed by atoms with Gasteiger partial charge in [0, 0.05) is 28.8 Å². The molecule has 36 heavy (non-hydrogen) atoms. The van der Waals surface area contributed by atoms with Crippen LogP contribution in [0.1, 0.15) is 93.0 Å². The summed E-state index contributed by atoms with van der Waals surface area (Å²) in [5, 5.41) is 1.49. The molecule has 0 bridgehead atoms. The first-order valence-corrected chi connectivity index (χ1v) is 13.9. The monoisotopic (exact) mass is 487 g/mol. The molecule has 1 fully saturated rings.